The summed E-state index contributed by atoms with van der Waals surface area (Å²) in [5.41, 5.74) is -5.04. The molecule has 0 spiro atoms. The summed E-state index contributed by atoms with van der Waals surface area (Å²) in [5.74, 6) is -1.67. The van der Waals surface area contributed by atoms with Crippen molar-refractivity contribution in [2.45, 2.75) is 23.5 Å². The van der Waals surface area contributed by atoms with Crippen LogP contribution < -0.4 is 10.0 Å². The molecule has 0 unspecified atom stereocenters. The second-order valence-electron chi connectivity index (χ2n) is 4.73. The van der Waals surface area contributed by atoms with E-state index in [9.17, 15) is 26.4 Å². The molecule has 1 amide bonds. The normalized spacial score (nSPS) is 22.0. The van der Waals surface area contributed by atoms with Crippen LogP contribution in [0, 0.1) is 11.3 Å². The predicted molar refractivity (Wildman–Crippen MR) is 72.0 cm³/mol. The zero-order valence-corrected chi connectivity index (χ0v) is 12.4. The van der Waals surface area contributed by atoms with E-state index < -0.39 is 38.1 Å². The van der Waals surface area contributed by atoms with Crippen LogP contribution >= 0.6 is 0 Å². The maximum atomic E-state index is 13.5. The van der Waals surface area contributed by atoms with Crippen molar-refractivity contribution in [3.63, 3.8) is 0 Å². The largest absolute Gasteiger partial charge is 0.421 e. The van der Waals surface area contributed by atoms with E-state index in [-0.39, 0.29) is 5.70 Å². The van der Waals surface area contributed by atoms with Gasteiger partial charge in [-0.25, -0.2) is 8.42 Å². The summed E-state index contributed by atoms with van der Waals surface area (Å²) >= 11 is 0. The van der Waals surface area contributed by atoms with Gasteiger partial charge >= 0.3 is 6.18 Å². The van der Waals surface area contributed by atoms with Crippen LogP contribution in [0.4, 0.5) is 13.2 Å². The molecule has 1 aromatic rings. The number of benzene rings is 1. The Labute approximate surface area is 129 Å². The van der Waals surface area contributed by atoms with Gasteiger partial charge in [0.2, 0.25) is 15.6 Å². The van der Waals surface area contributed by atoms with Crippen LogP contribution in [0.1, 0.15) is 6.92 Å². The summed E-state index contributed by atoms with van der Waals surface area (Å²) in [4.78, 5) is 11.4. The van der Waals surface area contributed by atoms with Crippen LogP contribution in [-0.4, -0.2) is 26.0 Å². The van der Waals surface area contributed by atoms with Gasteiger partial charge < -0.3 is 5.32 Å². The molecule has 0 saturated carbocycles. The van der Waals surface area contributed by atoms with Gasteiger partial charge in [0.25, 0.3) is 5.91 Å². The van der Waals surface area contributed by atoms with E-state index in [1.54, 1.807) is 0 Å². The third-order valence-corrected chi connectivity index (χ3v) is 4.74. The van der Waals surface area contributed by atoms with Crippen molar-refractivity contribution in [3.8, 4) is 6.07 Å². The Morgan fingerprint density at radius 2 is 1.83 bits per heavy atom. The number of allylic oxidation sites excluding steroid dienone is 1. The lowest BCUT2D eigenvalue weighted by Gasteiger charge is -2.30. The molecule has 0 aromatic heterocycles. The molecular formula is C13H10F3N3O3S. The Morgan fingerprint density at radius 1 is 1.26 bits per heavy atom. The lowest BCUT2D eigenvalue weighted by molar-refractivity contribution is -0.183. The Hall–Kier alpha value is -2.38. The first kappa shape index (κ1) is 17.0. The zero-order chi connectivity index (χ0) is 17.5. The number of nitrogens with one attached hydrogen (secondary N) is 2. The molecule has 23 heavy (non-hydrogen) atoms. The summed E-state index contributed by atoms with van der Waals surface area (Å²) < 4.78 is 66.5. The van der Waals surface area contributed by atoms with E-state index in [2.05, 4.69) is 0 Å². The van der Waals surface area contributed by atoms with Gasteiger partial charge in [-0.1, -0.05) is 18.2 Å². The number of carbonyl (C=O) groups excluding carboxylic acids is 1. The molecule has 0 radical (unpaired) electrons. The van der Waals surface area contributed by atoms with Crippen molar-refractivity contribution in [1.29, 1.82) is 5.26 Å². The van der Waals surface area contributed by atoms with Crippen LogP contribution in [0.15, 0.2) is 46.5 Å². The second-order valence-corrected chi connectivity index (χ2v) is 6.41. The smallest absolute Gasteiger partial charge is 0.327 e. The van der Waals surface area contributed by atoms with E-state index >= 15 is 0 Å². The number of hydrogen-bond donors (Lipinski definition) is 2. The highest BCUT2D eigenvalue weighted by Crippen LogP contribution is 2.41. The predicted octanol–water partition coefficient (Wildman–Crippen LogP) is 1.19. The zero-order valence-electron chi connectivity index (χ0n) is 11.6. The first-order chi connectivity index (χ1) is 10.6. The summed E-state index contributed by atoms with van der Waals surface area (Å²) in [7, 11) is -4.70. The topological polar surface area (TPSA) is 99.1 Å². The fraction of sp³-hybridized carbons (Fsp3) is 0.231. The average molecular weight is 345 g/mol. The number of alkyl halides is 3. The van der Waals surface area contributed by atoms with E-state index in [4.69, 9.17) is 5.26 Å². The van der Waals surface area contributed by atoms with Crippen LogP contribution in [-0.2, 0) is 14.8 Å². The minimum Gasteiger partial charge on any atom is -0.327 e. The van der Waals surface area contributed by atoms with E-state index in [0.717, 1.165) is 19.1 Å². The van der Waals surface area contributed by atoms with Crippen molar-refractivity contribution in [3.05, 3.63) is 41.6 Å². The number of nitriles is 1. The summed E-state index contributed by atoms with van der Waals surface area (Å²) in [6.45, 7) is 1.08. The molecule has 122 valence electrons. The van der Waals surface area contributed by atoms with Crippen LogP contribution in [0.5, 0.6) is 0 Å². The molecule has 2 N–H and O–H groups in total. The number of nitrogens with zero attached hydrogens (tertiary/aromatic N) is 1. The highest BCUT2D eigenvalue weighted by molar-refractivity contribution is 7.89. The van der Waals surface area contributed by atoms with E-state index in [0.29, 0.717) is 0 Å². The molecule has 2 rings (SSSR count). The molecule has 1 atom stereocenters. The monoisotopic (exact) mass is 345 g/mol. The lowest BCUT2D eigenvalue weighted by atomic mass is 9.92. The van der Waals surface area contributed by atoms with Crippen LogP contribution in [0.2, 0.25) is 0 Å². The first-order valence-electron chi connectivity index (χ1n) is 6.15. The van der Waals surface area contributed by atoms with Crippen LogP contribution in [0.25, 0.3) is 0 Å². The number of hydrogen-bond acceptors (Lipinski definition) is 4. The number of rotatable bonds is 3. The van der Waals surface area contributed by atoms with Crippen LogP contribution in [0.3, 0.4) is 0 Å². The highest BCUT2D eigenvalue weighted by atomic mass is 32.2. The summed E-state index contributed by atoms with van der Waals surface area (Å²) in [5, 5.41) is 10.8. The molecule has 1 aliphatic heterocycles. The van der Waals surface area contributed by atoms with E-state index in [1.807, 2.05) is 5.32 Å². The molecular weight excluding hydrogens is 335 g/mol. The van der Waals surface area contributed by atoms with Crippen molar-refractivity contribution in [2.24, 2.45) is 0 Å². The first-order valence-corrected chi connectivity index (χ1v) is 7.63. The van der Waals surface area contributed by atoms with E-state index in [1.165, 1.54) is 29.0 Å². The minimum atomic E-state index is -5.35. The summed E-state index contributed by atoms with van der Waals surface area (Å²) in [6, 6.07) is 7.52. The van der Waals surface area contributed by atoms with Gasteiger partial charge in [0.1, 0.15) is 0 Å². The quantitative estimate of drug-likeness (QED) is 0.860. The number of carbonyl (C=O) groups is 1. The molecule has 1 aromatic carbocycles. The summed E-state index contributed by atoms with van der Waals surface area (Å²) in [6.07, 6.45) is -5.35. The number of sulfonamides is 1. The SMILES string of the molecule is CC1=C(C#N)[C@@](NS(=O)(=O)c2ccccc2)(C(F)(F)F)C(=O)N1. The Bertz CT molecular complexity index is 826. The van der Waals surface area contributed by atoms with Gasteiger partial charge in [-0.05, 0) is 19.1 Å². The maximum Gasteiger partial charge on any atom is 0.421 e. The van der Waals surface area contributed by atoms with Crippen molar-refractivity contribution < 1.29 is 26.4 Å². The third-order valence-electron chi connectivity index (χ3n) is 3.27. The standard InChI is InChI=1S/C13H10F3N3O3S/c1-8-10(7-17)12(11(20)18-8,13(14,15)16)19-23(21,22)9-5-3-2-4-6-9/h2-6,19H,1H3,(H,18,20)/t12-/m0/s1. The minimum absolute atomic E-state index is 0.356. The van der Waals surface area contributed by atoms with Crippen molar-refractivity contribution >= 4 is 15.9 Å². The highest BCUT2D eigenvalue weighted by Gasteiger charge is 2.68. The van der Waals surface area contributed by atoms with Gasteiger partial charge in [-0.2, -0.15) is 23.2 Å². The molecule has 1 heterocycles. The Morgan fingerprint density at radius 3 is 2.30 bits per heavy atom. The molecule has 10 heteroatoms. The lowest BCUT2D eigenvalue weighted by Crippen LogP contribution is -2.64. The Balaban J connectivity index is 2.65. The third kappa shape index (κ3) is 2.58. The van der Waals surface area contributed by atoms with Gasteiger partial charge in [0.05, 0.1) is 16.5 Å². The van der Waals surface area contributed by atoms with Gasteiger partial charge in [0.15, 0.2) is 0 Å². The molecule has 0 fully saturated rings. The molecule has 0 bridgehead atoms. The van der Waals surface area contributed by atoms with Crippen molar-refractivity contribution in [2.75, 3.05) is 0 Å². The average Bonchev–Trinajstić information content (AvgIpc) is 2.70. The van der Waals surface area contributed by atoms with Crippen molar-refractivity contribution in [1.82, 2.24) is 10.0 Å². The molecule has 0 aliphatic carbocycles. The number of halogens is 3. The number of amides is 1. The van der Waals surface area contributed by atoms with Gasteiger partial charge in [-0.3, -0.25) is 4.79 Å². The van der Waals surface area contributed by atoms with Gasteiger partial charge in [-0.15, -0.1) is 0 Å². The second kappa shape index (κ2) is 5.36. The maximum absolute atomic E-state index is 13.5. The van der Waals surface area contributed by atoms with Gasteiger partial charge in [0, 0.05) is 5.70 Å². The fourth-order valence-corrected chi connectivity index (χ4v) is 3.52. The molecule has 0 saturated heterocycles. The Kier molecular flexibility index (Phi) is 3.96. The molecule has 6 nitrogen and oxygen atoms in total. The molecule has 1 aliphatic rings. The fourth-order valence-electron chi connectivity index (χ4n) is 2.17.